The quantitative estimate of drug-likeness (QED) is 0.276. The fraction of sp³-hybridized carbons (Fsp3) is 0.160. The van der Waals surface area contributed by atoms with Gasteiger partial charge in [-0.2, -0.15) is 5.10 Å². The molecular weight excluding hydrogens is 506 g/mol. The molecule has 0 aliphatic rings. The first-order chi connectivity index (χ1) is 17.2. The topological polar surface area (TPSA) is 78.2 Å². The molecule has 1 heterocycles. The van der Waals surface area contributed by atoms with Crippen LogP contribution in [-0.2, 0) is 12.1 Å². The van der Waals surface area contributed by atoms with E-state index < -0.39 is 17.2 Å². The van der Waals surface area contributed by atoms with E-state index in [0.717, 1.165) is 29.2 Å². The Kier molecular flexibility index (Phi) is 7.78. The van der Waals surface area contributed by atoms with Crippen molar-refractivity contribution < 1.29 is 13.9 Å². The second kappa shape index (κ2) is 11.0. The highest BCUT2D eigenvalue weighted by atomic mass is 35.5. The van der Waals surface area contributed by atoms with E-state index in [9.17, 15) is 13.9 Å². The monoisotopic (exact) mass is 528 g/mol. The number of rotatable bonds is 8. The minimum absolute atomic E-state index is 0.00127. The molecule has 4 aromatic rings. The van der Waals surface area contributed by atoms with Gasteiger partial charge in [-0.05, 0) is 66.8 Å². The Morgan fingerprint density at radius 1 is 1.06 bits per heavy atom. The van der Waals surface area contributed by atoms with E-state index in [1.165, 1.54) is 23.4 Å². The van der Waals surface area contributed by atoms with Crippen LogP contribution < -0.4 is 15.5 Å². The molecule has 0 amide bonds. The maximum atomic E-state index is 14.7. The van der Waals surface area contributed by atoms with Crippen LogP contribution in [0.25, 0.3) is 0 Å². The number of benzene rings is 3. The van der Waals surface area contributed by atoms with Crippen molar-refractivity contribution in [2.45, 2.75) is 12.1 Å². The van der Waals surface area contributed by atoms with Crippen molar-refractivity contribution in [3.05, 3.63) is 102 Å². The second-order valence-corrected chi connectivity index (χ2v) is 9.08. The normalized spacial score (nSPS) is 12.6. The van der Waals surface area contributed by atoms with Crippen molar-refractivity contribution in [2.24, 2.45) is 0 Å². The zero-order chi connectivity index (χ0) is 25.7. The van der Waals surface area contributed by atoms with Crippen molar-refractivity contribution in [3.63, 3.8) is 0 Å². The number of thiocarbonyl (C=S) groups is 1. The predicted octanol–water partition coefficient (Wildman–Crippen LogP) is 5.04. The maximum absolute atomic E-state index is 14.7. The molecule has 186 valence electrons. The lowest BCUT2D eigenvalue weighted by Crippen LogP contribution is -2.43. The molecule has 36 heavy (non-hydrogen) atoms. The highest BCUT2D eigenvalue weighted by Gasteiger charge is 2.35. The van der Waals surface area contributed by atoms with E-state index >= 15 is 0 Å². The van der Waals surface area contributed by atoms with Crippen molar-refractivity contribution in [1.29, 1.82) is 0 Å². The minimum Gasteiger partial charge on any atom is -0.381 e. The molecule has 0 saturated carbocycles. The Balaban J connectivity index is 1.47. The summed E-state index contributed by atoms with van der Waals surface area (Å²) in [4.78, 5) is 5.65. The number of halogens is 3. The third kappa shape index (κ3) is 6.34. The van der Waals surface area contributed by atoms with Crippen LogP contribution in [0.2, 0.25) is 5.02 Å². The Bertz CT molecular complexity index is 1320. The number of aromatic nitrogens is 3. The van der Waals surface area contributed by atoms with Gasteiger partial charge in [0, 0.05) is 40.8 Å². The van der Waals surface area contributed by atoms with Crippen LogP contribution in [0.1, 0.15) is 5.56 Å². The summed E-state index contributed by atoms with van der Waals surface area (Å²) in [5.41, 5.74) is 0.551. The van der Waals surface area contributed by atoms with Crippen molar-refractivity contribution in [1.82, 2.24) is 14.8 Å². The molecule has 0 bridgehead atoms. The fourth-order valence-electron chi connectivity index (χ4n) is 3.78. The van der Waals surface area contributed by atoms with Crippen LogP contribution in [-0.4, -0.2) is 38.6 Å². The summed E-state index contributed by atoms with van der Waals surface area (Å²) in [6, 6.07) is 17.6. The Morgan fingerprint density at radius 2 is 1.69 bits per heavy atom. The lowest BCUT2D eigenvalue weighted by atomic mass is 9.92. The molecular formula is C25H23ClF2N6OS. The number of nitrogens with one attached hydrogen (secondary N) is 2. The van der Waals surface area contributed by atoms with Gasteiger partial charge in [-0.3, -0.25) is 0 Å². The van der Waals surface area contributed by atoms with E-state index in [1.807, 2.05) is 36.4 Å². The van der Waals surface area contributed by atoms with Crippen LogP contribution in [0.15, 0.2) is 79.4 Å². The summed E-state index contributed by atoms with van der Waals surface area (Å²) >= 11 is 11.3. The Labute approximate surface area is 217 Å². The molecule has 0 fully saturated rings. The first-order valence-corrected chi connectivity index (χ1v) is 11.7. The van der Waals surface area contributed by atoms with E-state index in [1.54, 1.807) is 24.1 Å². The lowest BCUT2D eigenvalue weighted by molar-refractivity contribution is 0.0195. The minimum atomic E-state index is -1.72. The molecule has 4 rings (SSSR count). The molecule has 0 radical (unpaired) electrons. The third-order valence-electron chi connectivity index (χ3n) is 5.49. The van der Waals surface area contributed by atoms with Gasteiger partial charge in [0.25, 0.3) is 0 Å². The van der Waals surface area contributed by atoms with Crippen molar-refractivity contribution in [2.75, 3.05) is 29.1 Å². The average Bonchev–Trinajstić information content (AvgIpc) is 3.33. The molecule has 3 aromatic carbocycles. The molecule has 1 unspecified atom stereocenters. The second-order valence-electron chi connectivity index (χ2n) is 8.24. The van der Waals surface area contributed by atoms with E-state index in [4.69, 9.17) is 23.8 Å². The number of aliphatic hydroxyl groups is 1. The molecule has 11 heteroatoms. The highest BCUT2D eigenvalue weighted by molar-refractivity contribution is 7.80. The molecule has 0 saturated heterocycles. The zero-order valence-corrected chi connectivity index (χ0v) is 20.8. The van der Waals surface area contributed by atoms with Gasteiger partial charge in [-0.15, -0.1) is 0 Å². The van der Waals surface area contributed by atoms with Crippen molar-refractivity contribution in [3.8, 4) is 0 Å². The fourth-order valence-corrected chi connectivity index (χ4v) is 4.14. The van der Waals surface area contributed by atoms with Crippen LogP contribution in [0, 0.1) is 11.6 Å². The number of likely N-dealkylation sites (N-methyl/N-ethyl adjacent to an activating group) is 1. The summed E-state index contributed by atoms with van der Waals surface area (Å²) < 4.78 is 29.6. The number of nitrogens with zero attached hydrogens (tertiary/aromatic N) is 4. The summed E-state index contributed by atoms with van der Waals surface area (Å²) in [6.07, 6.45) is 2.75. The van der Waals surface area contributed by atoms with Crippen LogP contribution in [0.5, 0.6) is 0 Å². The first-order valence-electron chi connectivity index (χ1n) is 10.9. The standard InChI is InChI=1S/C25H23ClF2N6OS/c1-33(13-25(35,14-34-16-29-15-30-34)22-11-4-18(27)12-23(22)28)21-9-7-20(8-10-21)32-24(36)31-19-5-2-17(26)3-6-19/h2-12,15-16,35H,13-14H2,1H3,(H2,31,32,36). The van der Waals surface area contributed by atoms with Gasteiger partial charge < -0.3 is 20.6 Å². The van der Waals surface area contributed by atoms with Crippen LogP contribution in [0.4, 0.5) is 25.8 Å². The SMILES string of the molecule is CN(CC(O)(Cn1cncn1)c1ccc(F)cc1F)c1ccc(NC(=S)Nc2ccc(Cl)cc2)cc1. The van der Waals surface area contributed by atoms with Gasteiger partial charge >= 0.3 is 0 Å². The Morgan fingerprint density at radius 3 is 2.28 bits per heavy atom. The van der Waals surface area contributed by atoms with E-state index in [-0.39, 0.29) is 18.7 Å². The summed E-state index contributed by atoms with van der Waals surface area (Å²) in [7, 11) is 1.77. The molecule has 1 aromatic heterocycles. The Hall–Kier alpha value is -3.60. The third-order valence-corrected chi connectivity index (χ3v) is 5.95. The number of hydrogen-bond acceptors (Lipinski definition) is 5. The molecule has 0 aliphatic carbocycles. The summed E-state index contributed by atoms with van der Waals surface area (Å²) in [5, 5.41) is 22.8. The van der Waals surface area contributed by atoms with Gasteiger partial charge in [-0.25, -0.2) is 18.4 Å². The van der Waals surface area contributed by atoms with Crippen LogP contribution >= 0.6 is 23.8 Å². The largest absolute Gasteiger partial charge is 0.381 e. The average molecular weight is 529 g/mol. The van der Waals surface area contributed by atoms with Gasteiger partial charge in [-0.1, -0.05) is 17.7 Å². The lowest BCUT2D eigenvalue weighted by Gasteiger charge is -2.34. The molecule has 3 N–H and O–H groups in total. The number of anilines is 3. The van der Waals surface area contributed by atoms with Gasteiger partial charge in [0.05, 0.1) is 13.1 Å². The van der Waals surface area contributed by atoms with Gasteiger partial charge in [0.2, 0.25) is 0 Å². The smallest absolute Gasteiger partial charge is 0.175 e. The molecule has 0 aliphatic heterocycles. The van der Waals surface area contributed by atoms with Gasteiger partial charge in [0.1, 0.15) is 29.9 Å². The molecule has 0 spiro atoms. The maximum Gasteiger partial charge on any atom is 0.175 e. The van der Waals surface area contributed by atoms with Crippen molar-refractivity contribution >= 4 is 46.0 Å². The van der Waals surface area contributed by atoms with Gasteiger partial charge in [0.15, 0.2) is 5.11 Å². The van der Waals surface area contributed by atoms with E-state index in [0.29, 0.717) is 10.1 Å². The highest BCUT2D eigenvalue weighted by Crippen LogP contribution is 2.29. The predicted molar refractivity (Wildman–Crippen MR) is 141 cm³/mol. The van der Waals surface area contributed by atoms with E-state index in [2.05, 4.69) is 20.7 Å². The summed E-state index contributed by atoms with van der Waals surface area (Å²) in [5.74, 6) is -1.56. The molecule has 1 atom stereocenters. The first kappa shape index (κ1) is 25.5. The van der Waals surface area contributed by atoms with Crippen LogP contribution in [0.3, 0.4) is 0 Å². The number of hydrogen-bond donors (Lipinski definition) is 3. The zero-order valence-electron chi connectivity index (χ0n) is 19.2. The summed E-state index contributed by atoms with van der Waals surface area (Å²) in [6.45, 7) is -0.0805. The molecule has 7 nitrogen and oxygen atoms in total.